The van der Waals surface area contributed by atoms with E-state index in [0.29, 0.717) is 12.0 Å². The molecule has 0 amide bonds. The zero-order valence-electron chi connectivity index (χ0n) is 7.86. The zero-order chi connectivity index (χ0) is 9.97. The van der Waals surface area contributed by atoms with Gasteiger partial charge >= 0.3 is 0 Å². The standard InChI is InChI=1S/C12H12O2/c13-8-10-6-3-5-9-4-1-2-7-11(9)12(10)14/h1-2,4,7-8,13H,3,5-6H2. The minimum atomic E-state index is -0.0272. The number of hydrogen-bond donors (Lipinski definition) is 1. The molecule has 0 heterocycles. The Hall–Kier alpha value is -1.57. The molecular formula is C12H12O2. The number of Topliss-reactive ketones (excluding diaryl/α,β-unsaturated/α-hetero) is 1. The second kappa shape index (κ2) is 3.66. The number of aliphatic hydroxyl groups excluding tert-OH is 1. The van der Waals surface area contributed by atoms with Gasteiger partial charge in [-0.2, -0.15) is 0 Å². The molecular weight excluding hydrogens is 176 g/mol. The van der Waals surface area contributed by atoms with Gasteiger partial charge in [-0.1, -0.05) is 24.3 Å². The minimum absolute atomic E-state index is 0.0272. The lowest BCUT2D eigenvalue weighted by molar-refractivity contribution is 0.102. The Morgan fingerprint density at radius 3 is 2.79 bits per heavy atom. The summed E-state index contributed by atoms with van der Waals surface area (Å²) in [6, 6.07) is 7.61. The summed E-state index contributed by atoms with van der Waals surface area (Å²) < 4.78 is 0. The van der Waals surface area contributed by atoms with Gasteiger partial charge < -0.3 is 5.11 Å². The van der Waals surface area contributed by atoms with E-state index in [1.807, 2.05) is 24.3 Å². The van der Waals surface area contributed by atoms with Gasteiger partial charge in [-0.3, -0.25) is 4.79 Å². The second-order valence-electron chi connectivity index (χ2n) is 3.49. The van der Waals surface area contributed by atoms with E-state index in [2.05, 4.69) is 0 Å². The molecule has 0 unspecified atom stereocenters. The van der Waals surface area contributed by atoms with E-state index >= 15 is 0 Å². The topological polar surface area (TPSA) is 37.3 Å². The number of rotatable bonds is 0. The molecule has 1 aromatic rings. The smallest absolute Gasteiger partial charge is 0.192 e. The zero-order valence-corrected chi connectivity index (χ0v) is 7.86. The molecule has 72 valence electrons. The van der Waals surface area contributed by atoms with Crippen molar-refractivity contribution in [3.63, 3.8) is 0 Å². The molecule has 0 radical (unpaired) electrons. The van der Waals surface area contributed by atoms with Crippen LogP contribution < -0.4 is 0 Å². The fourth-order valence-electron chi connectivity index (χ4n) is 1.84. The lowest BCUT2D eigenvalue weighted by Crippen LogP contribution is -2.03. The number of fused-ring (bicyclic) bond motifs is 1. The highest BCUT2D eigenvalue weighted by Gasteiger charge is 2.19. The maximum atomic E-state index is 11.8. The normalized spacial score (nSPS) is 19.1. The Labute approximate surface area is 82.9 Å². The summed E-state index contributed by atoms with van der Waals surface area (Å²) in [5, 5.41) is 8.93. The van der Waals surface area contributed by atoms with Crippen molar-refractivity contribution in [1.82, 2.24) is 0 Å². The minimum Gasteiger partial charge on any atom is -0.515 e. The van der Waals surface area contributed by atoms with Crippen LogP contribution in [0.4, 0.5) is 0 Å². The van der Waals surface area contributed by atoms with E-state index in [1.54, 1.807) is 0 Å². The van der Waals surface area contributed by atoms with Crippen LogP contribution in [0.1, 0.15) is 28.8 Å². The summed E-state index contributed by atoms with van der Waals surface area (Å²) in [7, 11) is 0. The summed E-state index contributed by atoms with van der Waals surface area (Å²) in [5.74, 6) is -0.0272. The van der Waals surface area contributed by atoms with Crippen molar-refractivity contribution in [2.75, 3.05) is 0 Å². The Morgan fingerprint density at radius 1 is 1.21 bits per heavy atom. The fourth-order valence-corrected chi connectivity index (χ4v) is 1.84. The lowest BCUT2D eigenvalue weighted by atomic mass is 10.0. The quantitative estimate of drug-likeness (QED) is 0.386. The average molecular weight is 188 g/mol. The molecule has 0 saturated heterocycles. The van der Waals surface area contributed by atoms with E-state index in [9.17, 15) is 4.79 Å². The van der Waals surface area contributed by atoms with Crippen LogP contribution in [0, 0.1) is 0 Å². The van der Waals surface area contributed by atoms with Crippen molar-refractivity contribution in [1.29, 1.82) is 0 Å². The van der Waals surface area contributed by atoms with Crippen LogP contribution in [0.15, 0.2) is 36.1 Å². The van der Waals surface area contributed by atoms with Crippen molar-refractivity contribution >= 4 is 5.78 Å². The monoisotopic (exact) mass is 188 g/mol. The van der Waals surface area contributed by atoms with Crippen LogP contribution in [0.3, 0.4) is 0 Å². The van der Waals surface area contributed by atoms with Gasteiger partial charge in [0.1, 0.15) is 0 Å². The number of hydrogen-bond acceptors (Lipinski definition) is 2. The number of carbonyl (C=O) groups excluding carboxylic acids is 1. The number of aliphatic hydroxyl groups is 1. The van der Waals surface area contributed by atoms with E-state index in [4.69, 9.17) is 5.11 Å². The number of aryl methyl sites for hydroxylation is 1. The van der Waals surface area contributed by atoms with Crippen molar-refractivity contribution in [2.24, 2.45) is 0 Å². The van der Waals surface area contributed by atoms with E-state index < -0.39 is 0 Å². The summed E-state index contributed by atoms with van der Waals surface area (Å²) in [6.45, 7) is 0. The van der Waals surface area contributed by atoms with Gasteiger partial charge in [-0.25, -0.2) is 0 Å². The third-order valence-electron chi connectivity index (χ3n) is 2.60. The second-order valence-corrected chi connectivity index (χ2v) is 3.49. The Balaban J connectivity index is 2.50. The van der Waals surface area contributed by atoms with E-state index in [0.717, 1.165) is 30.2 Å². The number of allylic oxidation sites excluding steroid dienone is 1. The molecule has 2 heteroatoms. The molecule has 0 fully saturated rings. The van der Waals surface area contributed by atoms with Gasteiger partial charge in [0.25, 0.3) is 0 Å². The summed E-state index contributed by atoms with van der Waals surface area (Å²) in [5.41, 5.74) is 2.36. The molecule has 14 heavy (non-hydrogen) atoms. The number of benzene rings is 1. The van der Waals surface area contributed by atoms with Crippen LogP contribution in [-0.4, -0.2) is 10.9 Å². The molecule has 1 aromatic carbocycles. The van der Waals surface area contributed by atoms with Crippen molar-refractivity contribution < 1.29 is 9.90 Å². The van der Waals surface area contributed by atoms with Crippen LogP contribution in [-0.2, 0) is 6.42 Å². The summed E-state index contributed by atoms with van der Waals surface area (Å²) in [6.07, 6.45) is 3.46. The highest BCUT2D eigenvalue weighted by molar-refractivity contribution is 6.09. The van der Waals surface area contributed by atoms with E-state index in [1.165, 1.54) is 0 Å². The Morgan fingerprint density at radius 2 is 2.00 bits per heavy atom. The highest BCUT2D eigenvalue weighted by Crippen LogP contribution is 2.23. The predicted molar refractivity (Wildman–Crippen MR) is 54.4 cm³/mol. The highest BCUT2D eigenvalue weighted by atomic mass is 16.2. The summed E-state index contributed by atoms with van der Waals surface area (Å²) in [4.78, 5) is 11.8. The largest absolute Gasteiger partial charge is 0.515 e. The van der Waals surface area contributed by atoms with Crippen LogP contribution >= 0.6 is 0 Å². The molecule has 0 bridgehead atoms. The van der Waals surface area contributed by atoms with Crippen LogP contribution in [0.25, 0.3) is 0 Å². The molecule has 1 N–H and O–H groups in total. The van der Waals surface area contributed by atoms with E-state index in [-0.39, 0.29) is 5.78 Å². The molecule has 2 nitrogen and oxygen atoms in total. The first-order valence-electron chi connectivity index (χ1n) is 4.79. The first kappa shape index (κ1) is 9.00. The molecule has 1 aliphatic rings. The van der Waals surface area contributed by atoms with Crippen molar-refractivity contribution in [3.8, 4) is 0 Å². The lowest BCUT2D eigenvalue weighted by Gasteiger charge is -2.02. The molecule has 2 rings (SSSR count). The summed E-state index contributed by atoms with van der Waals surface area (Å²) >= 11 is 0. The third-order valence-corrected chi connectivity index (χ3v) is 2.60. The number of carbonyl (C=O) groups is 1. The fraction of sp³-hybridized carbons (Fsp3) is 0.250. The number of ketones is 1. The molecule has 1 aliphatic carbocycles. The van der Waals surface area contributed by atoms with Crippen molar-refractivity contribution in [3.05, 3.63) is 47.2 Å². The molecule has 0 spiro atoms. The van der Waals surface area contributed by atoms with Crippen LogP contribution in [0.2, 0.25) is 0 Å². The predicted octanol–water partition coefficient (Wildman–Crippen LogP) is 2.65. The maximum absolute atomic E-state index is 11.8. The van der Waals surface area contributed by atoms with Crippen molar-refractivity contribution in [2.45, 2.75) is 19.3 Å². The van der Waals surface area contributed by atoms with Gasteiger partial charge in [0, 0.05) is 11.1 Å². The molecule has 0 aliphatic heterocycles. The third kappa shape index (κ3) is 1.43. The molecule has 0 aromatic heterocycles. The Bertz CT molecular complexity index is 391. The van der Waals surface area contributed by atoms with Crippen LogP contribution in [0.5, 0.6) is 0 Å². The first-order valence-corrected chi connectivity index (χ1v) is 4.79. The maximum Gasteiger partial charge on any atom is 0.192 e. The van der Waals surface area contributed by atoms with Gasteiger partial charge in [-0.05, 0) is 24.8 Å². The molecule has 0 atom stereocenters. The van der Waals surface area contributed by atoms with Gasteiger partial charge in [0.15, 0.2) is 5.78 Å². The SMILES string of the molecule is O=C1C(=CO)CCCc2ccccc21. The van der Waals surface area contributed by atoms with Gasteiger partial charge in [0.2, 0.25) is 0 Å². The Kier molecular flexibility index (Phi) is 2.35. The van der Waals surface area contributed by atoms with Gasteiger partial charge in [-0.15, -0.1) is 0 Å². The average Bonchev–Trinajstić information content (AvgIpc) is 2.39. The molecule has 0 saturated carbocycles. The first-order chi connectivity index (χ1) is 6.83. The van der Waals surface area contributed by atoms with Gasteiger partial charge in [0.05, 0.1) is 6.26 Å².